The van der Waals surface area contributed by atoms with Crippen LogP contribution in [0.2, 0.25) is 0 Å². The highest BCUT2D eigenvalue weighted by Crippen LogP contribution is 2.15. The number of nitrogens with zero attached hydrogens (tertiary/aromatic N) is 2. The zero-order valence-electron chi connectivity index (χ0n) is 7.04. The summed E-state index contributed by atoms with van der Waals surface area (Å²) >= 11 is 0. The molecule has 0 spiro atoms. The van der Waals surface area contributed by atoms with E-state index in [2.05, 4.69) is 14.9 Å². The second-order valence-corrected chi connectivity index (χ2v) is 2.40. The fraction of sp³-hybridized carbons (Fsp3) is 0.667. The number of halogens is 3. The molecule has 0 aliphatic rings. The van der Waals surface area contributed by atoms with Gasteiger partial charge in [-0.1, -0.05) is 0 Å². The number of aromatic nitrogens is 2. The van der Waals surface area contributed by atoms with E-state index < -0.39 is 12.8 Å². The van der Waals surface area contributed by atoms with Crippen molar-refractivity contribution < 1.29 is 22.3 Å². The van der Waals surface area contributed by atoms with Gasteiger partial charge in [0.05, 0.1) is 6.54 Å². The first-order chi connectivity index (χ1) is 6.51. The van der Waals surface area contributed by atoms with Crippen LogP contribution in [0.1, 0.15) is 11.8 Å². The molecule has 8 heteroatoms. The first-order valence-electron chi connectivity index (χ1n) is 3.67. The third kappa shape index (κ3) is 3.71. The van der Waals surface area contributed by atoms with E-state index in [0.29, 0.717) is 0 Å². The highest BCUT2D eigenvalue weighted by molar-refractivity contribution is 4.78. The van der Waals surface area contributed by atoms with E-state index in [1.807, 2.05) is 0 Å². The summed E-state index contributed by atoms with van der Waals surface area (Å²) in [7, 11) is 0. The van der Waals surface area contributed by atoms with Gasteiger partial charge in [-0.15, -0.1) is 10.2 Å². The monoisotopic (exact) mass is 211 g/mol. The number of hydrogen-bond acceptors (Lipinski definition) is 5. The van der Waals surface area contributed by atoms with Gasteiger partial charge >= 0.3 is 6.18 Å². The normalized spacial score (nSPS) is 12.0. The van der Waals surface area contributed by atoms with Crippen molar-refractivity contribution in [3.8, 4) is 0 Å². The topological polar surface area (TPSA) is 74.2 Å². The molecular formula is C6H8F3N3O2. The Morgan fingerprint density at radius 3 is 2.43 bits per heavy atom. The van der Waals surface area contributed by atoms with Crippen molar-refractivity contribution in [2.75, 3.05) is 6.61 Å². The summed E-state index contributed by atoms with van der Waals surface area (Å²) in [4.78, 5) is 0. The largest absolute Gasteiger partial charge is 0.421 e. The molecule has 14 heavy (non-hydrogen) atoms. The van der Waals surface area contributed by atoms with Crippen LogP contribution in [-0.2, 0) is 17.9 Å². The fourth-order valence-electron chi connectivity index (χ4n) is 0.683. The summed E-state index contributed by atoms with van der Waals surface area (Å²) in [5.74, 6) is 0.144. The molecule has 0 aliphatic carbocycles. The minimum Gasteiger partial charge on any atom is -0.421 e. The summed E-state index contributed by atoms with van der Waals surface area (Å²) in [6, 6.07) is 0. The Balaban J connectivity index is 2.31. The smallest absolute Gasteiger partial charge is 0.411 e. The van der Waals surface area contributed by atoms with Crippen molar-refractivity contribution in [2.24, 2.45) is 5.73 Å². The molecule has 80 valence electrons. The maximum absolute atomic E-state index is 11.6. The summed E-state index contributed by atoms with van der Waals surface area (Å²) in [6.07, 6.45) is -4.35. The Hall–Kier alpha value is -1.15. The maximum Gasteiger partial charge on any atom is 0.411 e. The molecule has 0 saturated carbocycles. The number of alkyl halides is 3. The number of ether oxygens (including phenoxy) is 1. The summed E-state index contributed by atoms with van der Waals surface area (Å²) in [5.41, 5.74) is 5.14. The number of hydrogen-bond donors (Lipinski definition) is 1. The molecule has 0 radical (unpaired) electrons. The molecule has 1 aromatic heterocycles. The van der Waals surface area contributed by atoms with Crippen LogP contribution in [-0.4, -0.2) is 23.0 Å². The quantitative estimate of drug-likeness (QED) is 0.789. The van der Waals surface area contributed by atoms with E-state index in [4.69, 9.17) is 10.2 Å². The van der Waals surface area contributed by atoms with Crippen LogP contribution in [0, 0.1) is 0 Å². The molecule has 0 amide bonds. The Labute approximate surface area is 77.0 Å². The van der Waals surface area contributed by atoms with E-state index >= 15 is 0 Å². The average Bonchev–Trinajstić information content (AvgIpc) is 2.50. The molecular weight excluding hydrogens is 203 g/mol. The van der Waals surface area contributed by atoms with Crippen molar-refractivity contribution in [1.29, 1.82) is 0 Å². The predicted octanol–water partition coefficient (Wildman–Crippen LogP) is 0.607. The lowest BCUT2D eigenvalue weighted by atomic mass is 10.6. The van der Waals surface area contributed by atoms with Crippen molar-refractivity contribution in [3.63, 3.8) is 0 Å². The lowest BCUT2D eigenvalue weighted by Gasteiger charge is -2.04. The van der Waals surface area contributed by atoms with E-state index in [1.54, 1.807) is 0 Å². The van der Waals surface area contributed by atoms with Gasteiger partial charge in [0.2, 0.25) is 11.8 Å². The summed E-state index contributed by atoms with van der Waals surface area (Å²) in [6.45, 7) is -1.66. The molecule has 0 atom stereocenters. The molecule has 1 aromatic rings. The van der Waals surface area contributed by atoms with Gasteiger partial charge in [-0.2, -0.15) is 13.2 Å². The second kappa shape index (κ2) is 4.38. The van der Waals surface area contributed by atoms with Gasteiger partial charge < -0.3 is 14.9 Å². The fourth-order valence-corrected chi connectivity index (χ4v) is 0.683. The highest BCUT2D eigenvalue weighted by Gasteiger charge is 2.27. The first kappa shape index (κ1) is 10.9. The van der Waals surface area contributed by atoms with Gasteiger partial charge in [-0.05, 0) is 0 Å². The van der Waals surface area contributed by atoms with Crippen LogP contribution in [0.4, 0.5) is 13.2 Å². The van der Waals surface area contributed by atoms with Crippen molar-refractivity contribution in [1.82, 2.24) is 10.2 Å². The van der Waals surface area contributed by atoms with Crippen molar-refractivity contribution >= 4 is 0 Å². The number of rotatable bonds is 4. The molecule has 0 saturated heterocycles. The van der Waals surface area contributed by atoms with E-state index in [0.717, 1.165) is 0 Å². The molecule has 0 aliphatic heterocycles. The van der Waals surface area contributed by atoms with Crippen LogP contribution < -0.4 is 5.73 Å². The van der Waals surface area contributed by atoms with E-state index in [1.165, 1.54) is 0 Å². The van der Waals surface area contributed by atoms with Crippen LogP contribution >= 0.6 is 0 Å². The molecule has 0 bridgehead atoms. The molecule has 0 fully saturated rings. The van der Waals surface area contributed by atoms with Gasteiger partial charge in [0.1, 0.15) is 13.2 Å². The van der Waals surface area contributed by atoms with Gasteiger partial charge in [0.15, 0.2) is 0 Å². The van der Waals surface area contributed by atoms with E-state index in [-0.39, 0.29) is 24.9 Å². The molecule has 1 rings (SSSR count). The molecule has 2 N–H and O–H groups in total. The van der Waals surface area contributed by atoms with Gasteiger partial charge in [-0.25, -0.2) is 0 Å². The minimum absolute atomic E-state index is 0.0188. The van der Waals surface area contributed by atoms with Crippen molar-refractivity contribution in [2.45, 2.75) is 19.3 Å². The molecule has 0 aromatic carbocycles. The standard InChI is InChI=1S/C6H8F3N3O2/c7-6(8,9)3-13-2-5-12-11-4(1-10)14-5/h1-3,10H2. The van der Waals surface area contributed by atoms with Crippen LogP contribution in [0.5, 0.6) is 0 Å². The van der Waals surface area contributed by atoms with Crippen LogP contribution in [0.15, 0.2) is 4.42 Å². The SMILES string of the molecule is NCc1nnc(COCC(F)(F)F)o1. The zero-order valence-corrected chi connectivity index (χ0v) is 7.04. The van der Waals surface area contributed by atoms with Gasteiger partial charge in [-0.3, -0.25) is 0 Å². The van der Waals surface area contributed by atoms with Crippen LogP contribution in [0.25, 0.3) is 0 Å². The average molecular weight is 211 g/mol. The third-order valence-electron chi connectivity index (χ3n) is 1.17. The molecule has 0 unspecified atom stereocenters. The lowest BCUT2D eigenvalue weighted by Crippen LogP contribution is -2.16. The van der Waals surface area contributed by atoms with Gasteiger partial charge in [0.25, 0.3) is 0 Å². The Morgan fingerprint density at radius 2 is 1.93 bits per heavy atom. The van der Waals surface area contributed by atoms with Gasteiger partial charge in [0, 0.05) is 0 Å². The maximum atomic E-state index is 11.6. The molecule has 1 heterocycles. The second-order valence-electron chi connectivity index (χ2n) is 2.40. The highest BCUT2D eigenvalue weighted by atomic mass is 19.4. The van der Waals surface area contributed by atoms with Crippen LogP contribution in [0.3, 0.4) is 0 Å². The van der Waals surface area contributed by atoms with Crippen molar-refractivity contribution in [3.05, 3.63) is 11.8 Å². The first-order valence-corrected chi connectivity index (χ1v) is 3.67. The Kier molecular flexibility index (Phi) is 3.42. The number of nitrogens with two attached hydrogens (primary N) is 1. The summed E-state index contributed by atoms with van der Waals surface area (Å²) in [5, 5.41) is 6.86. The predicted molar refractivity (Wildman–Crippen MR) is 37.9 cm³/mol. The zero-order chi connectivity index (χ0) is 10.6. The molecule has 5 nitrogen and oxygen atoms in total. The minimum atomic E-state index is -4.35. The Bertz CT molecular complexity index is 286. The third-order valence-corrected chi connectivity index (χ3v) is 1.17. The lowest BCUT2D eigenvalue weighted by molar-refractivity contribution is -0.177. The summed E-state index contributed by atoms with van der Waals surface area (Å²) < 4.78 is 43.9. The Morgan fingerprint density at radius 1 is 1.29 bits per heavy atom. The van der Waals surface area contributed by atoms with E-state index in [9.17, 15) is 13.2 Å².